The summed E-state index contributed by atoms with van der Waals surface area (Å²) in [6.07, 6.45) is 5.18. The Kier molecular flexibility index (Phi) is 6.96. The number of aliphatic imine (C=N–C) groups is 1. The topological polar surface area (TPSA) is 65.7 Å². The first-order chi connectivity index (χ1) is 8.27. The van der Waals surface area contributed by atoms with Gasteiger partial charge in [-0.3, -0.25) is 10.4 Å². The number of nitrogens with zero attached hydrogens (tertiary/aromatic N) is 2. The van der Waals surface area contributed by atoms with Crippen molar-refractivity contribution in [2.24, 2.45) is 10.8 Å². The average Bonchev–Trinajstić information content (AvgIpc) is 2.35. The molecule has 0 bridgehead atoms. The van der Waals surface area contributed by atoms with E-state index in [0.29, 0.717) is 5.96 Å². The molecule has 1 fully saturated rings. The van der Waals surface area contributed by atoms with Gasteiger partial charge in [0.1, 0.15) is 0 Å². The van der Waals surface area contributed by atoms with E-state index in [1.165, 1.54) is 25.8 Å². The number of hydrogen-bond donors (Lipinski definition) is 3. The van der Waals surface area contributed by atoms with Crippen molar-refractivity contribution < 1.29 is 0 Å². The van der Waals surface area contributed by atoms with Crippen molar-refractivity contribution in [3.63, 3.8) is 0 Å². The van der Waals surface area contributed by atoms with E-state index in [4.69, 9.17) is 5.84 Å². The van der Waals surface area contributed by atoms with Gasteiger partial charge in [-0.1, -0.05) is 6.42 Å². The predicted molar refractivity (Wildman–Crippen MR) is 72.8 cm³/mol. The lowest BCUT2D eigenvalue weighted by atomic mass is 10.0. The molecule has 1 unspecified atom stereocenters. The number of piperidine rings is 1. The molecule has 1 rings (SSSR count). The predicted octanol–water partition coefficient (Wildman–Crippen LogP) is 0.680. The molecule has 0 amide bonds. The van der Waals surface area contributed by atoms with Crippen LogP contribution in [0.3, 0.4) is 0 Å². The molecule has 4 N–H and O–H groups in total. The maximum atomic E-state index is 5.35. The summed E-state index contributed by atoms with van der Waals surface area (Å²) in [6.45, 7) is 8.42. The molecule has 0 saturated carbocycles. The monoisotopic (exact) mass is 241 g/mol. The van der Waals surface area contributed by atoms with Crippen LogP contribution in [0, 0.1) is 0 Å². The minimum absolute atomic E-state index is 0.694. The average molecular weight is 241 g/mol. The van der Waals surface area contributed by atoms with Crippen LogP contribution in [0.25, 0.3) is 0 Å². The lowest BCUT2D eigenvalue weighted by Gasteiger charge is -2.33. The van der Waals surface area contributed by atoms with Crippen molar-refractivity contribution in [2.75, 3.05) is 26.2 Å². The third-order valence-electron chi connectivity index (χ3n) is 3.29. The fraction of sp³-hybridized carbons (Fsp3) is 0.917. The summed E-state index contributed by atoms with van der Waals surface area (Å²) >= 11 is 0. The van der Waals surface area contributed by atoms with Crippen LogP contribution in [0.2, 0.25) is 0 Å². The highest BCUT2D eigenvalue weighted by atomic mass is 15.3. The summed E-state index contributed by atoms with van der Waals surface area (Å²) in [5.74, 6) is 6.05. The van der Waals surface area contributed by atoms with Gasteiger partial charge in [0.2, 0.25) is 5.96 Å². The number of hydrogen-bond acceptors (Lipinski definition) is 3. The van der Waals surface area contributed by atoms with Crippen molar-refractivity contribution in [1.82, 2.24) is 15.6 Å². The molecule has 5 heteroatoms. The molecular weight excluding hydrogens is 214 g/mol. The van der Waals surface area contributed by atoms with Gasteiger partial charge >= 0.3 is 0 Å². The van der Waals surface area contributed by atoms with E-state index in [9.17, 15) is 0 Å². The molecule has 17 heavy (non-hydrogen) atoms. The SMILES string of the molecule is CCNC(=NCCCN1CCCCC1C)NN. The molecular formula is C12H27N5. The van der Waals surface area contributed by atoms with E-state index >= 15 is 0 Å². The van der Waals surface area contributed by atoms with Crippen molar-refractivity contribution in [3.05, 3.63) is 0 Å². The Bertz CT molecular complexity index is 229. The first kappa shape index (κ1) is 14.3. The van der Waals surface area contributed by atoms with Gasteiger partial charge in [-0.2, -0.15) is 0 Å². The van der Waals surface area contributed by atoms with E-state index in [1.54, 1.807) is 0 Å². The first-order valence-corrected chi connectivity index (χ1v) is 6.77. The molecule has 1 aliphatic rings. The lowest BCUT2D eigenvalue weighted by molar-refractivity contribution is 0.160. The van der Waals surface area contributed by atoms with Crippen molar-refractivity contribution in [1.29, 1.82) is 0 Å². The normalized spacial score (nSPS) is 22.5. The number of likely N-dealkylation sites (tertiary alicyclic amines) is 1. The second kappa shape index (κ2) is 8.31. The fourth-order valence-corrected chi connectivity index (χ4v) is 2.27. The molecule has 0 radical (unpaired) electrons. The third kappa shape index (κ3) is 5.37. The van der Waals surface area contributed by atoms with Gasteiger partial charge in [0, 0.05) is 25.7 Å². The second-order valence-corrected chi connectivity index (χ2v) is 4.64. The van der Waals surface area contributed by atoms with E-state index < -0.39 is 0 Å². The van der Waals surface area contributed by atoms with Gasteiger partial charge in [-0.05, 0) is 39.7 Å². The fourth-order valence-electron chi connectivity index (χ4n) is 2.27. The zero-order valence-corrected chi connectivity index (χ0v) is 11.2. The summed E-state index contributed by atoms with van der Waals surface area (Å²) in [4.78, 5) is 6.96. The lowest BCUT2D eigenvalue weighted by Crippen LogP contribution is -2.41. The third-order valence-corrected chi connectivity index (χ3v) is 3.29. The highest BCUT2D eigenvalue weighted by Crippen LogP contribution is 2.16. The Labute approximate surface area is 105 Å². The van der Waals surface area contributed by atoms with E-state index in [2.05, 4.69) is 27.6 Å². The molecule has 0 aliphatic carbocycles. The summed E-state index contributed by atoms with van der Waals surface area (Å²) in [5, 5.41) is 3.08. The Morgan fingerprint density at radius 2 is 2.29 bits per heavy atom. The largest absolute Gasteiger partial charge is 0.356 e. The maximum absolute atomic E-state index is 5.35. The minimum atomic E-state index is 0.694. The standard InChI is InChI=1S/C12H27N5/c1-3-14-12(16-13)15-8-6-10-17-9-5-4-7-11(17)2/h11H,3-10,13H2,1-2H3,(H2,14,15,16). The zero-order chi connectivity index (χ0) is 12.5. The van der Waals surface area contributed by atoms with E-state index in [0.717, 1.165) is 32.1 Å². The minimum Gasteiger partial charge on any atom is -0.356 e. The molecule has 0 spiro atoms. The number of guanidine groups is 1. The molecule has 1 saturated heterocycles. The second-order valence-electron chi connectivity index (χ2n) is 4.64. The Morgan fingerprint density at radius 3 is 2.94 bits per heavy atom. The van der Waals surface area contributed by atoms with E-state index in [-0.39, 0.29) is 0 Å². The Hall–Kier alpha value is -0.810. The van der Waals surface area contributed by atoms with Crippen molar-refractivity contribution in [2.45, 2.75) is 45.6 Å². The summed E-state index contributed by atoms with van der Waals surface area (Å²) in [5.41, 5.74) is 2.58. The molecule has 100 valence electrons. The van der Waals surface area contributed by atoms with Gasteiger partial charge in [0.15, 0.2) is 0 Å². The molecule has 0 aromatic heterocycles. The van der Waals surface area contributed by atoms with E-state index in [1.807, 2.05) is 6.92 Å². The Morgan fingerprint density at radius 1 is 1.47 bits per heavy atom. The number of rotatable bonds is 5. The zero-order valence-electron chi connectivity index (χ0n) is 11.2. The van der Waals surface area contributed by atoms with Crippen molar-refractivity contribution >= 4 is 5.96 Å². The molecule has 0 aromatic rings. The van der Waals surface area contributed by atoms with Crippen LogP contribution in [-0.2, 0) is 0 Å². The molecule has 5 nitrogen and oxygen atoms in total. The Balaban J connectivity index is 2.17. The van der Waals surface area contributed by atoms with Gasteiger partial charge < -0.3 is 10.2 Å². The van der Waals surface area contributed by atoms with Gasteiger partial charge in [0.25, 0.3) is 0 Å². The highest BCUT2D eigenvalue weighted by molar-refractivity contribution is 5.78. The van der Waals surface area contributed by atoms with Gasteiger partial charge in [-0.25, -0.2) is 5.84 Å². The van der Waals surface area contributed by atoms with Gasteiger partial charge in [-0.15, -0.1) is 0 Å². The number of hydrazine groups is 1. The van der Waals surface area contributed by atoms with Gasteiger partial charge in [0.05, 0.1) is 0 Å². The number of nitrogens with one attached hydrogen (secondary N) is 2. The van der Waals surface area contributed by atoms with Crippen LogP contribution >= 0.6 is 0 Å². The quantitative estimate of drug-likeness (QED) is 0.218. The maximum Gasteiger partial charge on any atom is 0.205 e. The summed E-state index contributed by atoms with van der Waals surface area (Å²) in [6, 6.07) is 0.744. The van der Waals surface area contributed by atoms with Crippen LogP contribution in [0.5, 0.6) is 0 Å². The van der Waals surface area contributed by atoms with Crippen LogP contribution in [0.4, 0.5) is 0 Å². The number of nitrogens with two attached hydrogens (primary N) is 1. The van der Waals surface area contributed by atoms with Crippen LogP contribution < -0.4 is 16.6 Å². The first-order valence-electron chi connectivity index (χ1n) is 6.77. The van der Waals surface area contributed by atoms with Crippen LogP contribution in [0.1, 0.15) is 39.5 Å². The van der Waals surface area contributed by atoms with Crippen LogP contribution in [0.15, 0.2) is 4.99 Å². The summed E-state index contributed by atoms with van der Waals surface area (Å²) in [7, 11) is 0. The van der Waals surface area contributed by atoms with Crippen molar-refractivity contribution in [3.8, 4) is 0 Å². The smallest absolute Gasteiger partial charge is 0.205 e. The molecule has 0 aromatic carbocycles. The summed E-state index contributed by atoms with van der Waals surface area (Å²) < 4.78 is 0. The molecule has 1 heterocycles. The van der Waals surface area contributed by atoms with Crippen LogP contribution in [-0.4, -0.2) is 43.1 Å². The highest BCUT2D eigenvalue weighted by Gasteiger charge is 2.16. The molecule has 1 atom stereocenters. The molecule has 1 aliphatic heterocycles.